The van der Waals surface area contributed by atoms with Gasteiger partial charge in [0, 0.05) is 0 Å². The van der Waals surface area contributed by atoms with Crippen LogP contribution in [-0.4, -0.2) is 23.8 Å². The molecule has 3 nitrogen and oxygen atoms in total. The Kier molecular flexibility index (Phi) is 44.9. The molecular weight excluding hydrogens is 576 g/mol. The number of aliphatic hydroxyl groups is 1. The summed E-state index contributed by atoms with van der Waals surface area (Å²) in [6.07, 6.45) is 44.6. The van der Waals surface area contributed by atoms with Gasteiger partial charge in [-0.3, -0.25) is 4.79 Å². The lowest BCUT2D eigenvalue weighted by Crippen LogP contribution is -2.18. The Hall–Kier alpha value is -0.570. The molecule has 0 aliphatic rings. The van der Waals surface area contributed by atoms with E-state index in [-0.39, 0.29) is 18.0 Å². The largest absolute Gasteiger partial charge is 0.465 e. The Morgan fingerprint density at radius 1 is 0.383 bits per heavy atom. The molecule has 2 atom stereocenters. The zero-order chi connectivity index (χ0) is 34.9. The van der Waals surface area contributed by atoms with Crippen molar-refractivity contribution in [1.82, 2.24) is 0 Å². The zero-order valence-corrected chi connectivity index (χ0v) is 33.4. The summed E-state index contributed by atoms with van der Waals surface area (Å²) in [4.78, 5) is 12.6. The van der Waals surface area contributed by atoms with Crippen molar-refractivity contribution < 1.29 is 14.6 Å². The van der Waals surface area contributed by atoms with Gasteiger partial charge in [0.25, 0.3) is 0 Å². The third-order valence-corrected chi connectivity index (χ3v) is 9.92. The molecule has 0 aliphatic carbocycles. The third-order valence-electron chi connectivity index (χ3n) is 9.92. The van der Waals surface area contributed by atoms with Crippen molar-refractivity contribution in [3.8, 4) is 0 Å². The standard InChI is InChI=1S/C28H56O2.C16H34O/c1-4-7-10-13-15-17-19-22-25-27(24-21-12-9-6-3)28(29)30-26-23-20-18-16-14-11-8-5-2;1-3-5-7-9-10-11-13-15-16(17)14-12-8-6-4-2/h27H,4-26H2,1-3H3;16-17H,3-15H2,1-2H3. The third kappa shape index (κ3) is 41.5. The van der Waals surface area contributed by atoms with E-state index in [9.17, 15) is 9.90 Å². The maximum atomic E-state index is 12.6. The Morgan fingerprint density at radius 3 is 0.979 bits per heavy atom. The Bertz CT molecular complexity index is 562. The van der Waals surface area contributed by atoms with Crippen molar-refractivity contribution in [3.63, 3.8) is 0 Å². The van der Waals surface area contributed by atoms with Crippen molar-refractivity contribution in [2.24, 2.45) is 5.92 Å². The smallest absolute Gasteiger partial charge is 0.308 e. The van der Waals surface area contributed by atoms with E-state index in [2.05, 4.69) is 34.6 Å². The van der Waals surface area contributed by atoms with Gasteiger partial charge >= 0.3 is 5.97 Å². The predicted molar refractivity (Wildman–Crippen MR) is 210 cm³/mol. The number of carbonyl (C=O) groups excluding carboxylic acids is 1. The van der Waals surface area contributed by atoms with Gasteiger partial charge in [-0.1, -0.05) is 227 Å². The van der Waals surface area contributed by atoms with E-state index in [4.69, 9.17) is 4.74 Å². The highest BCUT2D eigenvalue weighted by molar-refractivity contribution is 5.72. The van der Waals surface area contributed by atoms with Gasteiger partial charge in [-0.05, 0) is 32.1 Å². The fraction of sp³-hybridized carbons (Fsp3) is 0.977. The van der Waals surface area contributed by atoms with Crippen LogP contribution in [0, 0.1) is 5.92 Å². The van der Waals surface area contributed by atoms with E-state index >= 15 is 0 Å². The molecule has 0 aliphatic heterocycles. The highest BCUT2D eigenvalue weighted by atomic mass is 16.5. The summed E-state index contributed by atoms with van der Waals surface area (Å²) in [7, 11) is 0. The van der Waals surface area contributed by atoms with Crippen molar-refractivity contribution in [3.05, 3.63) is 0 Å². The van der Waals surface area contributed by atoms with Crippen LogP contribution in [0.25, 0.3) is 0 Å². The monoisotopic (exact) mass is 667 g/mol. The fourth-order valence-corrected chi connectivity index (χ4v) is 6.54. The molecule has 1 N–H and O–H groups in total. The van der Waals surface area contributed by atoms with Gasteiger partial charge in [0.15, 0.2) is 0 Å². The molecule has 0 aromatic heterocycles. The van der Waals surface area contributed by atoms with Crippen molar-refractivity contribution >= 4 is 5.97 Å². The number of unbranched alkanes of at least 4 members (excludes halogenated alkanes) is 26. The van der Waals surface area contributed by atoms with Gasteiger partial charge in [0.2, 0.25) is 0 Å². The minimum absolute atomic E-state index is 0.0255. The molecule has 0 saturated heterocycles. The Balaban J connectivity index is 0. The van der Waals surface area contributed by atoms with Crippen LogP contribution in [0.1, 0.15) is 259 Å². The van der Waals surface area contributed by atoms with Gasteiger partial charge in [0.1, 0.15) is 0 Å². The Labute approximate surface area is 298 Å². The van der Waals surface area contributed by atoms with Gasteiger partial charge in [-0.15, -0.1) is 0 Å². The first-order valence-electron chi connectivity index (χ1n) is 21.9. The lowest BCUT2D eigenvalue weighted by Gasteiger charge is -2.16. The SMILES string of the molecule is CCCCCCCCCC(O)CCCCCC.CCCCCCCCCCOC(=O)C(CCCCCC)CCCCCCCCCC. The van der Waals surface area contributed by atoms with Crippen molar-refractivity contribution in [2.45, 2.75) is 265 Å². The van der Waals surface area contributed by atoms with E-state index in [1.807, 2.05) is 0 Å². The average Bonchev–Trinajstić information content (AvgIpc) is 3.07. The van der Waals surface area contributed by atoms with Gasteiger partial charge < -0.3 is 9.84 Å². The minimum Gasteiger partial charge on any atom is -0.465 e. The molecule has 0 radical (unpaired) electrons. The minimum atomic E-state index is -0.0255. The quantitative estimate of drug-likeness (QED) is 0.0530. The molecule has 0 fully saturated rings. The predicted octanol–water partition coefficient (Wildman–Crippen LogP) is 15.2. The highest BCUT2D eigenvalue weighted by Gasteiger charge is 2.19. The van der Waals surface area contributed by atoms with Crippen molar-refractivity contribution in [1.29, 1.82) is 0 Å². The van der Waals surface area contributed by atoms with Crippen LogP contribution in [-0.2, 0) is 9.53 Å². The first-order valence-corrected chi connectivity index (χ1v) is 21.9. The number of hydrogen-bond donors (Lipinski definition) is 1. The van der Waals surface area contributed by atoms with E-state index in [1.165, 1.54) is 193 Å². The second-order valence-electron chi connectivity index (χ2n) is 14.9. The van der Waals surface area contributed by atoms with Crippen LogP contribution in [0.4, 0.5) is 0 Å². The van der Waals surface area contributed by atoms with Gasteiger partial charge in [0.05, 0.1) is 18.6 Å². The molecule has 0 bridgehead atoms. The molecule has 0 heterocycles. The van der Waals surface area contributed by atoms with Crippen LogP contribution in [0.2, 0.25) is 0 Å². The maximum Gasteiger partial charge on any atom is 0.308 e. The number of aliphatic hydroxyl groups excluding tert-OH is 1. The first kappa shape index (κ1) is 48.5. The second kappa shape index (κ2) is 43.5. The lowest BCUT2D eigenvalue weighted by molar-refractivity contribution is -0.149. The van der Waals surface area contributed by atoms with E-state index < -0.39 is 0 Å². The first-order chi connectivity index (χ1) is 23.1. The number of esters is 1. The molecule has 284 valence electrons. The van der Waals surface area contributed by atoms with Crippen LogP contribution in [0.5, 0.6) is 0 Å². The average molecular weight is 667 g/mol. The molecule has 0 rings (SSSR count). The summed E-state index contributed by atoms with van der Waals surface area (Å²) in [6.45, 7) is 11.9. The molecule has 0 aromatic rings. The number of rotatable bonds is 37. The van der Waals surface area contributed by atoms with Crippen LogP contribution < -0.4 is 0 Å². The number of hydrogen-bond acceptors (Lipinski definition) is 3. The van der Waals surface area contributed by atoms with Crippen LogP contribution in [0.15, 0.2) is 0 Å². The second-order valence-corrected chi connectivity index (χ2v) is 14.9. The topological polar surface area (TPSA) is 46.5 Å². The zero-order valence-electron chi connectivity index (χ0n) is 33.4. The van der Waals surface area contributed by atoms with E-state index in [1.54, 1.807) is 0 Å². The van der Waals surface area contributed by atoms with E-state index in [0.717, 1.165) is 32.1 Å². The lowest BCUT2D eigenvalue weighted by atomic mass is 9.94. The summed E-state index contributed by atoms with van der Waals surface area (Å²) in [5.74, 6) is 0.244. The molecular formula is C44H90O3. The van der Waals surface area contributed by atoms with Crippen LogP contribution in [0.3, 0.4) is 0 Å². The summed E-state index contributed by atoms with van der Waals surface area (Å²) in [5.41, 5.74) is 0. The normalized spacial score (nSPS) is 12.5. The highest BCUT2D eigenvalue weighted by Crippen LogP contribution is 2.21. The summed E-state index contributed by atoms with van der Waals surface area (Å²) >= 11 is 0. The van der Waals surface area contributed by atoms with Crippen molar-refractivity contribution in [2.75, 3.05) is 6.61 Å². The summed E-state index contributed by atoms with van der Waals surface area (Å²) in [5, 5.41) is 9.79. The Morgan fingerprint density at radius 2 is 0.638 bits per heavy atom. The fourth-order valence-electron chi connectivity index (χ4n) is 6.54. The molecule has 0 saturated carbocycles. The molecule has 3 heteroatoms. The van der Waals surface area contributed by atoms with Gasteiger partial charge in [-0.25, -0.2) is 0 Å². The van der Waals surface area contributed by atoms with Gasteiger partial charge in [-0.2, -0.15) is 0 Å². The summed E-state index contributed by atoms with van der Waals surface area (Å²) in [6, 6.07) is 0. The molecule has 47 heavy (non-hydrogen) atoms. The molecule has 0 spiro atoms. The number of ether oxygens (including phenoxy) is 1. The molecule has 0 aromatic carbocycles. The summed E-state index contributed by atoms with van der Waals surface area (Å²) < 4.78 is 5.69. The maximum absolute atomic E-state index is 12.6. The number of carbonyl (C=O) groups is 1. The molecule has 2 unspecified atom stereocenters. The van der Waals surface area contributed by atoms with E-state index in [0.29, 0.717) is 6.61 Å². The molecule has 0 amide bonds. The van der Waals surface area contributed by atoms with Crippen LogP contribution >= 0.6 is 0 Å².